The number of rotatable bonds is 8. The normalized spacial score (nSPS) is 10.7. The molecule has 0 aromatic carbocycles. The molecule has 2 aromatic heterocycles. The maximum Gasteiger partial charge on any atom is 0.323 e. The SMILES string of the molecule is CCCNc1nc(NCc2nccs2)nc(OC(C)C)n1. The van der Waals surface area contributed by atoms with E-state index in [9.17, 15) is 0 Å². The summed E-state index contributed by atoms with van der Waals surface area (Å²) in [6, 6.07) is 0.320. The highest BCUT2D eigenvalue weighted by atomic mass is 32.1. The first-order chi connectivity index (χ1) is 10.2. The Balaban J connectivity index is 2.09. The van der Waals surface area contributed by atoms with Crippen LogP contribution in [0, 0.1) is 0 Å². The van der Waals surface area contributed by atoms with Crippen LogP contribution in [0.4, 0.5) is 11.9 Å². The molecule has 0 aliphatic heterocycles. The lowest BCUT2D eigenvalue weighted by atomic mass is 10.5. The molecule has 0 amide bonds. The Morgan fingerprint density at radius 1 is 1.19 bits per heavy atom. The number of hydrogen-bond donors (Lipinski definition) is 2. The lowest BCUT2D eigenvalue weighted by molar-refractivity contribution is 0.222. The zero-order valence-corrected chi connectivity index (χ0v) is 13.3. The summed E-state index contributed by atoms with van der Waals surface area (Å²) in [5.41, 5.74) is 0. The average Bonchev–Trinajstić information content (AvgIpc) is 2.95. The Hall–Kier alpha value is -1.96. The number of nitrogens with zero attached hydrogens (tertiary/aromatic N) is 4. The van der Waals surface area contributed by atoms with E-state index < -0.39 is 0 Å². The van der Waals surface area contributed by atoms with Crippen LogP contribution < -0.4 is 15.4 Å². The summed E-state index contributed by atoms with van der Waals surface area (Å²) in [6.07, 6.45) is 2.78. The van der Waals surface area contributed by atoms with E-state index in [0.29, 0.717) is 24.5 Å². The van der Waals surface area contributed by atoms with E-state index in [2.05, 4.69) is 37.5 Å². The van der Waals surface area contributed by atoms with Gasteiger partial charge in [0.25, 0.3) is 0 Å². The molecule has 2 aromatic rings. The summed E-state index contributed by atoms with van der Waals surface area (Å²) in [4.78, 5) is 17.1. The molecular weight excluding hydrogens is 288 g/mol. The number of ether oxygens (including phenoxy) is 1. The molecule has 2 N–H and O–H groups in total. The standard InChI is InChI=1S/C13H20N6OS/c1-4-5-15-11-17-12(16-8-10-14-6-7-21-10)19-13(18-11)20-9(2)3/h6-7,9H,4-5,8H2,1-3H3,(H2,15,16,17,18,19). The molecule has 0 atom stereocenters. The molecule has 0 spiro atoms. The van der Waals surface area contributed by atoms with Crippen molar-refractivity contribution in [2.24, 2.45) is 0 Å². The van der Waals surface area contributed by atoms with Gasteiger partial charge in [-0.2, -0.15) is 15.0 Å². The van der Waals surface area contributed by atoms with E-state index in [-0.39, 0.29) is 6.10 Å². The maximum atomic E-state index is 5.56. The molecule has 2 rings (SSSR count). The summed E-state index contributed by atoms with van der Waals surface area (Å²) < 4.78 is 5.56. The molecule has 0 fully saturated rings. The fourth-order valence-electron chi connectivity index (χ4n) is 1.51. The van der Waals surface area contributed by atoms with Crippen LogP contribution in [-0.2, 0) is 6.54 Å². The smallest absolute Gasteiger partial charge is 0.323 e. The first-order valence-corrected chi connectivity index (χ1v) is 7.84. The molecule has 0 unspecified atom stereocenters. The molecule has 0 bridgehead atoms. The van der Waals surface area contributed by atoms with Crippen LogP contribution in [0.2, 0.25) is 0 Å². The Labute approximate surface area is 128 Å². The van der Waals surface area contributed by atoms with E-state index in [1.54, 1.807) is 17.5 Å². The molecule has 0 aliphatic rings. The Morgan fingerprint density at radius 2 is 1.95 bits per heavy atom. The van der Waals surface area contributed by atoms with E-state index in [0.717, 1.165) is 18.0 Å². The topological polar surface area (TPSA) is 84.9 Å². The van der Waals surface area contributed by atoms with E-state index >= 15 is 0 Å². The van der Waals surface area contributed by atoms with Gasteiger partial charge < -0.3 is 15.4 Å². The summed E-state index contributed by atoms with van der Waals surface area (Å²) >= 11 is 1.58. The minimum absolute atomic E-state index is 0.0123. The second-order valence-corrected chi connectivity index (χ2v) is 5.62. The molecule has 7 nitrogen and oxygen atoms in total. The van der Waals surface area contributed by atoms with Crippen LogP contribution in [0.15, 0.2) is 11.6 Å². The highest BCUT2D eigenvalue weighted by Crippen LogP contribution is 2.14. The summed E-state index contributed by atoms with van der Waals surface area (Å²) in [6.45, 7) is 7.34. The second kappa shape index (κ2) is 7.72. The molecule has 2 heterocycles. The van der Waals surface area contributed by atoms with Gasteiger partial charge in [-0.15, -0.1) is 11.3 Å². The Kier molecular flexibility index (Phi) is 5.68. The Bertz CT molecular complexity index is 546. The third kappa shape index (κ3) is 5.14. The largest absolute Gasteiger partial charge is 0.461 e. The van der Waals surface area contributed by atoms with Crippen LogP contribution in [0.25, 0.3) is 0 Å². The molecule has 0 saturated heterocycles. The van der Waals surface area contributed by atoms with Gasteiger partial charge in [-0.25, -0.2) is 4.98 Å². The fraction of sp³-hybridized carbons (Fsp3) is 0.538. The fourth-order valence-corrected chi connectivity index (χ4v) is 2.07. The first kappa shape index (κ1) is 15.4. The minimum Gasteiger partial charge on any atom is -0.461 e. The van der Waals surface area contributed by atoms with Crippen LogP contribution >= 0.6 is 11.3 Å². The van der Waals surface area contributed by atoms with Crippen LogP contribution in [0.1, 0.15) is 32.2 Å². The number of aromatic nitrogens is 4. The van der Waals surface area contributed by atoms with Crippen LogP contribution in [-0.4, -0.2) is 32.6 Å². The molecule has 8 heteroatoms. The van der Waals surface area contributed by atoms with Gasteiger partial charge in [-0.05, 0) is 20.3 Å². The molecule has 21 heavy (non-hydrogen) atoms. The molecule has 0 radical (unpaired) electrons. The molecule has 114 valence electrons. The first-order valence-electron chi connectivity index (χ1n) is 6.96. The summed E-state index contributed by atoms with van der Waals surface area (Å²) in [5, 5.41) is 9.20. The Morgan fingerprint density at radius 3 is 2.57 bits per heavy atom. The van der Waals surface area contributed by atoms with Gasteiger partial charge in [-0.1, -0.05) is 6.92 Å². The third-order valence-corrected chi connectivity index (χ3v) is 3.15. The van der Waals surface area contributed by atoms with Gasteiger partial charge in [-0.3, -0.25) is 0 Å². The number of anilines is 2. The zero-order chi connectivity index (χ0) is 15.1. The van der Waals surface area contributed by atoms with Gasteiger partial charge >= 0.3 is 6.01 Å². The van der Waals surface area contributed by atoms with Gasteiger partial charge in [0.15, 0.2) is 0 Å². The van der Waals surface area contributed by atoms with Crippen LogP contribution in [0.3, 0.4) is 0 Å². The highest BCUT2D eigenvalue weighted by molar-refractivity contribution is 7.09. The van der Waals surface area contributed by atoms with Gasteiger partial charge in [0.2, 0.25) is 11.9 Å². The number of thiazole rings is 1. The van der Waals surface area contributed by atoms with Gasteiger partial charge in [0.1, 0.15) is 5.01 Å². The van der Waals surface area contributed by atoms with Crippen molar-refractivity contribution in [2.75, 3.05) is 17.2 Å². The van der Waals surface area contributed by atoms with Crippen molar-refractivity contribution in [2.45, 2.75) is 39.8 Å². The van der Waals surface area contributed by atoms with Crippen molar-refractivity contribution in [1.29, 1.82) is 0 Å². The quantitative estimate of drug-likeness (QED) is 0.775. The van der Waals surface area contributed by atoms with Crippen molar-refractivity contribution < 1.29 is 4.74 Å². The predicted octanol–water partition coefficient (Wildman–Crippen LogP) is 2.55. The minimum atomic E-state index is 0.0123. The summed E-state index contributed by atoms with van der Waals surface area (Å²) in [5.74, 6) is 0.999. The van der Waals surface area contributed by atoms with Crippen molar-refractivity contribution in [1.82, 2.24) is 19.9 Å². The monoisotopic (exact) mass is 308 g/mol. The number of nitrogens with one attached hydrogen (secondary N) is 2. The highest BCUT2D eigenvalue weighted by Gasteiger charge is 2.09. The second-order valence-electron chi connectivity index (χ2n) is 4.64. The van der Waals surface area contributed by atoms with Crippen molar-refractivity contribution >= 4 is 23.2 Å². The molecule has 0 aliphatic carbocycles. The predicted molar refractivity (Wildman–Crippen MR) is 83.8 cm³/mol. The van der Waals surface area contributed by atoms with E-state index in [1.807, 2.05) is 19.2 Å². The van der Waals surface area contributed by atoms with Gasteiger partial charge in [0, 0.05) is 18.1 Å². The molecular formula is C13H20N6OS. The number of hydrogen-bond acceptors (Lipinski definition) is 8. The average molecular weight is 308 g/mol. The van der Waals surface area contributed by atoms with Gasteiger partial charge in [0.05, 0.1) is 12.6 Å². The third-order valence-electron chi connectivity index (χ3n) is 2.37. The van der Waals surface area contributed by atoms with Crippen molar-refractivity contribution in [3.05, 3.63) is 16.6 Å². The van der Waals surface area contributed by atoms with E-state index in [4.69, 9.17) is 4.74 Å². The van der Waals surface area contributed by atoms with Crippen molar-refractivity contribution in [3.8, 4) is 6.01 Å². The van der Waals surface area contributed by atoms with E-state index in [1.165, 1.54) is 0 Å². The lowest BCUT2D eigenvalue weighted by Crippen LogP contribution is -2.14. The van der Waals surface area contributed by atoms with Crippen LogP contribution in [0.5, 0.6) is 6.01 Å². The molecule has 0 saturated carbocycles. The zero-order valence-electron chi connectivity index (χ0n) is 12.5. The lowest BCUT2D eigenvalue weighted by Gasteiger charge is -2.11. The maximum absolute atomic E-state index is 5.56. The van der Waals surface area contributed by atoms with Crippen molar-refractivity contribution in [3.63, 3.8) is 0 Å². The summed E-state index contributed by atoms with van der Waals surface area (Å²) in [7, 11) is 0.